The summed E-state index contributed by atoms with van der Waals surface area (Å²) in [6.07, 6.45) is 1.52. The Hall–Kier alpha value is -2.99. The molecule has 0 aliphatic rings. The minimum absolute atomic E-state index is 0.0522. The van der Waals surface area contributed by atoms with Crippen molar-refractivity contribution in [1.29, 1.82) is 0 Å². The standard InChI is InChI=1S/C21H19BrCl2N6O4/c1-11-7-12(23)8-13(20(32)28-29(2)17(31)10-34-3)18(11)26-21(33)15-9-16(22)27-30(15)19-14(24)5-4-6-25-19/h4-9H,10H2,1-3H3,(H,26,33)(H,28,32). The van der Waals surface area contributed by atoms with Gasteiger partial charge in [0.2, 0.25) is 0 Å². The van der Waals surface area contributed by atoms with Gasteiger partial charge in [0, 0.05) is 31.4 Å². The topological polar surface area (TPSA) is 118 Å². The van der Waals surface area contributed by atoms with Crippen molar-refractivity contribution in [3.63, 3.8) is 0 Å². The minimum atomic E-state index is -0.657. The van der Waals surface area contributed by atoms with Gasteiger partial charge in [0.05, 0.1) is 16.3 Å². The third-order valence-corrected chi connectivity index (χ3v) is 5.45. The normalized spacial score (nSPS) is 10.6. The number of methoxy groups -OCH3 is 1. The predicted molar refractivity (Wildman–Crippen MR) is 130 cm³/mol. The predicted octanol–water partition coefficient (Wildman–Crippen LogP) is 3.65. The molecule has 0 fully saturated rings. The molecule has 10 nitrogen and oxygen atoms in total. The van der Waals surface area contributed by atoms with Crippen molar-refractivity contribution < 1.29 is 19.1 Å². The van der Waals surface area contributed by atoms with Crippen molar-refractivity contribution in [2.45, 2.75) is 6.92 Å². The number of benzene rings is 1. The number of anilines is 1. The van der Waals surface area contributed by atoms with E-state index in [4.69, 9.17) is 27.9 Å². The second-order valence-electron chi connectivity index (χ2n) is 7.00. The van der Waals surface area contributed by atoms with Gasteiger partial charge in [-0.2, -0.15) is 5.10 Å². The maximum atomic E-state index is 13.3. The summed E-state index contributed by atoms with van der Waals surface area (Å²) in [6, 6.07) is 7.74. The number of aromatic nitrogens is 3. The van der Waals surface area contributed by atoms with Crippen molar-refractivity contribution in [3.8, 4) is 5.82 Å². The zero-order chi connectivity index (χ0) is 25.0. The molecular weight excluding hydrogens is 551 g/mol. The molecule has 0 spiro atoms. The molecular formula is C21H19BrCl2N6O4. The molecule has 3 rings (SSSR count). The van der Waals surface area contributed by atoms with Crippen LogP contribution in [-0.2, 0) is 9.53 Å². The first-order valence-corrected chi connectivity index (χ1v) is 11.2. The van der Waals surface area contributed by atoms with E-state index in [9.17, 15) is 14.4 Å². The molecule has 1 aromatic carbocycles. The lowest BCUT2D eigenvalue weighted by Gasteiger charge is -2.20. The Kier molecular flexibility index (Phi) is 8.26. The largest absolute Gasteiger partial charge is 0.375 e. The molecule has 0 unspecified atom stereocenters. The summed E-state index contributed by atoms with van der Waals surface area (Å²) in [5.41, 5.74) is 3.33. The smallest absolute Gasteiger partial charge is 0.274 e. The van der Waals surface area contributed by atoms with Gasteiger partial charge < -0.3 is 10.1 Å². The monoisotopic (exact) mass is 568 g/mol. The van der Waals surface area contributed by atoms with Crippen LogP contribution < -0.4 is 10.7 Å². The maximum Gasteiger partial charge on any atom is 0.274 e. The quantitative estimate of drug-likeness (QED) is 0.437. The molecule has 0 atom stereocenters. The Morgan fingerprint density at radius 3 is 2.62 bits per heavy atom. The van der Waals surface area contributed by atoms with E-state index in [0.29, 0.717) is 15.2 Å². The Balaban J connectivity index is 1.95. The second-order valence-corrected chi connectivity index (χ2v) is 8.66. The van der Waals surface area contributed by atoms with Crippen molar-refractivity contribution in [1.82, 2.24) is 25.2 Å². The first-order chi connectivity index (χ1) is 16.1. The SMILES string of the molecule is COCC(=O)N(C)NC(=O)c1cc(Cl)cc(C)c1NC(=O)c1cc(Br)nn1-c1ncccc1Cl. The zero-order valence-electron chi connectivity index (χ0n) is 18.2. The number of aryl methyl sites for hydroxylation is 1. The van der Waals surface area contributed by atoms with Crippen LogP contribution in [0.15, 0.2) is 41.1 Å². The molecule has 2 N–H and O–H groups in total. The molecule has 3 amide bonds. The minimum Gasteiger partial charge on any atom is -0.375 e. The summed E-state index contributed by atoms with van der Waals surface area (Å²) in [5.74, 6) is -1.45. The highest BCUT2D eigenvalue weighted by Crippen LogP contribution is 2.27. The number of pyridine rings is 1. The van der Waals surface area contributed by atoms with Crippen LogP contribution in [0.4, 0.5) is 5.69 Å². The molecule has 178 valence electrons. The van der Waals surface area contributed by atoms with E-state index >= 15 is 0 Å². The number of nitrogens with zero attached hydrogens (tertiary/aromatic N) is 4. The molecule has 0 radical (unpaired) electrons. The van der Waals surface area contributed by atoms with E-state index < -0.39 is 17.7 Å². The van der Waals surface area contributed by atoms with Crippen LogP contribution in [-0.4, -0.2) is 58.3 Å². The van der Waals surface area contributed by atoms with E-state index in [1.807, 2.05) is 0 Å². The van der Waals surface area contributed by atoms with Crippen molar-refractivity contribution in [2.75, 3.05) is 26.1 Å². The van der Waals surface area contributed by atoms with Crippen LogP contribution in [0.1, 0.15) is 26.4 Å². The van der Waals surface area contributed by atoms with Gasteiger partial charge in [-0.15, -0.1) is 0 Å². The molecule has 0 aliphatic carbocycles. The first-order valence-electron chi connectivity index (χ1n) is 9.66. The van der Waals surface area contributed by atoms with Gasteiger partial charge in [-0.05, 0) is 52.7 Å². The average molecular weight is 570 g/mol. The van der Waals surface area contributed by atoms with Crippen LogP contribution in [0.3, 0.4) is 0 Å². The zero-order valence-corrected chi connectivity index (χ0v) is 21.3. The lowest BCUT2D eigenvalue weighted by Crippen LogP contribution is -2.45. The number of nitrogens with one attached hydrogen (secondary N) is 2. The van der Waals surface area contributed by atoms with Gasteiger partial charge >= 0.3 is 0 Å². The summed E-state index contributed by atoms with van der Waals surface area (Å²) in [4.78, 5) is 42.3. The number of hydrazine groups is 1. The van der Waals surface area contributed by atoms with Gasteiger partial charge in [0.25, 0.3) is 17.7 Å². The highest BCUT2D eigenvalue weighted by atomic mass is 79.9. The molecule has 0 aliphatic heterocycles. The van der Waals surface area contributed by atoms with Gasteiger partial charge in [-0.3, -0.25) is 24.8 Å². The number of hydrogen-bond donors (Lipinski definition) is 2. The van der Waals surface area contributed by atoms with E-state index in [2.05, 4.69) is 36.8 Å². The highest BCUT2D eigenvalue weighted by Gasteiger charge is 2.23. The number of rotatable bonds is 6. The van der Waals surface area contributed by atoms with E-state index in [-0.39, 0.29) is 34.4 Å². The Bertz CT molecular complexity index is 1270. The molecule has 0 saturated carbocycles. The van der Waals surface area contributed by atoms with E-state index in [1.54, 1.807) is 25.1 Å². The number of carbonyl (C=O) groups excluding carboxylic acids is 3. The number of hydrogen-bond acceptors (Lipinski definition) is 6. The Morgan fingerprint density at radius 1 is 1.21 bits per heavy atom. The van der Waals surface area contributed by atoms with E-state index in [1.165, 1.54) is 37.2 Å². The lowest BCUT2D eigenvalue weighted by molar-refractivity contribution is -0.135. The number of amides is 3. The fourth-order valence-corrected chi connectivity index (χ4v) is 3.82. The molecule has 3 aromatic rings. The molecule has 2 heterocycles. The Labute approximate surface area is 213 Å². The summed E-state index contributed by atoms with van der Waals surface area (Å²) >= 11 is 15.7. The van der Waals surface area contributed by atoms with Crippen LogP contribution >= 0.6 is 39.1 Å². The van der Waals surface area contributed by atoms with Gasteiger partial charge in [0.15, 0.2) is 5.82 Å². The summed E-state index contributed by atoms with van der Waals surface area (Å²) < 4.78 is 6.45. The number of likely N-dealkylation sites (N-methyl/N-ethyl adjacent to an activating group) is 1. The molecule has 34 heavy (non-hydrogen) atoms. The molecule has 2 aromatic heterocycles. The molecule has 0 bridgehead atoms. The van der Waals surface area contributed by atoms with Crippen molar-refractivity contribution in [3.05, 3.63) is 68.0 Å². The van der Waals surface area contributed by atoms with Gasteiger partial charge in [0.1, 0.15) is 16.9 Å². The van der Waals surface area contributed by atoms with Crippen molar-refractivity contribution in [2.24, 2.45) is 0 Å². The second kappa shape index (κ2) is 11.0. The van der Waals surface area contributed by atoms with Crippen molar-refractivity contribution >= 4 is 62.5 Å². The number of ether oxygens (including phenoxy) is 1. The van der Waals surface area contributed by atoms with Gasteiger partial charge in [-0.1, -0.05) is 23.2 Å². The molecule has 13 heteroatoms. The van der Waals surface area contributed by atoms with Crippen LogP contribution in [0.2, 0.25) is 10.0 Å². The maximum absolute atomic E-state index is 13.3. The first kappa shape index (κ1) is 25.6. The summed E-state index contributed by atoms with van der Waals surface area (Å²) in [6.45, 7) is 1.46. The lowest BCUT2D eigenvalue weighted by atomic mass is 10.1. The van der Waals surface area contributed by atoms with Crippen LogP contribution in [0.5, 0.6) is 0 Å². The summed E-state index contributed by atoms with van der Waals surface area (Å²) in [7, 11) is 2.74. The third kappa shape index (κ3) is 5.73. The molecule has 0 saturated heterocycles. The fourth-order valence-electron chi connectivity index (χ4n) is 2.97. The van der Waals surface area contributed by atoms with Gasteiger partial charge in [-0.25, -0.2) is 9.67 Å². The number of carbonyl (C=O) groups is 3. The highest BCUT2D eigenvalue weighted by molar-refractivity contribution is 9.10. The van der Waals surface area contributed by atoms with E-state index in [0.717, 1.165) is 5.01 Å². The Morgan fingerprint density at radius 2 is 1.94 bits per heavy atom. The fraction of sp³-hybridized carbons (Fsp3) is 0.190. The third-order valence-electron chi connectivity index (χ3n) is 4.55. The average Bonchev–Trinajstić information content (AvgIpc) is 3.17. The van der Waals surface area contributed by atoms with Crippen LogP contribution in [0.25, 0.3) is 5.82 Å². The van der Waals surface area contributed by atoms with Crippen LogP contribution in [0, 0.1) is 6.92 Å². The number of halogens is 3. The summed E-state index contributed by atoms with van der Waals surface area (Å²) in [5, 5.41) is 8.54.